The smallest absolute Gasteiger partial charge is 0.270 e. The van der Waals surface area contributed by atoms with Crippen LogP contribution in [-0.4, -0.2) is 33.2 Å². The number of pyridine rings is 2. The van der Waals surface area contributed by atoms with Gasteiger partial charge in [-0.2, -0.15) is 0 Å². The molecule has 0 spiro atoms. The van der Waals surface area contributed by atoms with Gasteiger partial charge < -0.3 is 15.0 Å². The number of hydrogen-bond donors (Lipinski definition) is 2. The molecule has 3 aromatic rings. The van der Waals surface area contributed by atoms with Crippen LogP contribution in [0, 0.1) is 0 Å². The van der Waals surface area contributed by atoms with Crippen molar-refractivity contribution in [3.8, 4) is 0 Å². The Morgan fingerprint density at radius 1 is 1.09 bits per heavy atom. The zero-order chi connectivity index (χ0) is 16.2. The molecule has 0 fully saturated rings. The van der Waals surface area contributed by atoms with Crippen LogP contribution in [0.2, 0.25) is 0 Å². The Morgan fingerprint density at radius 3 is 2.65 bits per heavy atom. The number of nitrogens with one attached hydrogen (secondary N) is 2. The molecular weight excluding hydrogens is 294 g/mol. The van der Waals surface area contributed by atoms with Crippen LogP contribution < -0.4 is 10.6 Å². The third-order valence-corrected chi connectivity index (χ3v) is 3.38. The molecule has 0 atom stereocenters. The number of carbonyl (C=O) groups excluding carboxylic acids is 2. The highest BCUT2D eigenvalue weighted by Crippen LogP contribution is 2.08. The van der Waals surface area contributed by atoms with E-state index in [0.29, 0.717) is 0 Å². The number of fused-ring (bicyclic) bond motifs is 1. The van der Waals surface area contributed by atoms with Gasteiger partial charge in [-0.25, -0.2) is 9.97 Å². The minimum Gasteiger partial charge on any atom is -0.354 e. The second-order valence-corrected chi connectivity index (χ2v) is 4.85. The number of imidazole rings is 1. The lowest BCUT2D eigenvalue weighted by atomic mass is 10.2. The van der Waals surface area contributed by atoms with E-state index in [4.69, 9.17) is 0 Å². The summed E-state index contributed by atoms with van der Waals surface area (Å²) >= 11 is 0. The van der Waals surface area contributed by atoms with Crippen molar-refractivity contribution < 1.29 is 9.59 Å². The molecule has 0 aliphatic heterocycles. The third kappa shape index (κ3) is 3.03. The zero-order valence-corrected chi connectivity index (χ0v) is 12.5. The SMILES string of the molecule is CNC(=O)c1cccc(C(=O)NCc2ncn3ccccc23)n1. The van der Waals surface area contributed by atoms with Crippen LogP contribution >= 0.6 is 0 Å². The Labute approximate surface area is 132 Å². The molecular formula is C16H15N5O2. The number of rotatable bonds is 4. The highest BCUT2D eigenvalue weighted by atomic mass is 16.2. The first-order valence-electron chi connectivity index (χ1n) is 7.07. The van der Waals surface area contributed by atoms with E-state index in [1.54, 1.807) is 24.5 Å². The monoisotopic (exact) mass is 309 g/mol. The first-order valence-corrected chi connectivity index (χ1v) is 7.07. The van der Waals surface area contributed by atoms with Gasteiger partial charge in [-0.3, -0.25) is 9.59 Å². The standard InChI is InChI=1S/C16H15N5O2/c1-17-15(22)11-5-4-6-12(20-11)16(23)18-9-13-14-7-2-3-8-21(14)10-19-13/h2-8,10H,9H2,1H3,(H,17,22)(H,18,23). The van der Waals surface area contributed by atoms with Gasteiger partial charge in [0.15, 0.2) is 0 Å². The van der Waals surface area contributed by atoms with E-state index in [1.165, 1.54) is 7.05 Å². The molecule has 0 aliphatic carbocycles. The van der Waals surface area contributed by atoms with E-state index in [9.17, 15) is 9.59 Å². The largest absolute Gasteiger partial charge is 0.354 e. The topological polar surface area (TPSA) is 88.4 Å². The van der Waals surface area contributed by atoms with Crippen molar-refractivity contribution in [2.45, 2.75) is 6.54 Å². The molecule has 2 N–H and O–H groups in total. The molecule has 23 heavy (non-hydrogen) atoms. The summed E-state index contributed by atoms with van der Waals surface area (Å²) in [5, 5.41) is 5.24. The molecule has 116 valence electrons. The second-order valence-electron chi connectivity index (χ2n) is 4.85. The Hall–Kier alpha value is -3.22. The quantitative estimate of drug-likeness (QED) is 0.753. The van der Waals surface area contributed by atoms with Crippen LogP contribution in [0.5, 0.6) is 0 Å². The average molecular weight is 309 g/mol. The summed E-state index contributed by atoms with van der Waals surface area (Å²) in [5.74, 6) is -0.687. The Balaban J connectivity index is 1.73. The van der Waals surface area contributed by atoms with Gasteiger partial charge in [0.25, 0.3) is 11.8 Å². The van der Waals surface area contributed by atoms with Crippen molar-refractivity contribution >= 4 is 17.3 Å². The minimum absolute atomic E-state index is 0.189. The average Bonchev–Trinajstić information content (AvgIpc) is 3.02. The molecule has 3 aromatic heterocycles. The third-order valence-electron chi connectivity index (χ3n) is 3.38. The molecule has 3 rings (SSSR count). The maximum atomic E-state index is 12.2. The molecule has 2 amide bonds. The van der Waals surface area contributed by atoms with E-state index < -0.39 is 0 Å². The summed E-state index contributed by atoms with van der Waals surface area (Å²) in [5.41, 5.74) is 2.09. The van der Waals surface area contributed by atoms with Gasteiger partial charge in [-0.1, -0.05) is 12.1 Å². The van der Waals surface area contributed by atoms with Crippen LogP contribution in [0.4, 0.5) is 0 Å². The van der Waals surface area contributed by atoms with Crippen LogP contribution in [0.3, 0.4) is 0 Å². The van der Waals surface area contributed by atoms with Crippen molar-refractivity contribution in [3.63, 3.8) is 0 Å². The summed E-state index contributed by atoms with van der Waals surface area (Å²) in [7, 11) is 1.51. The summed E-state index contributed by atoms with van der Waals surface area (Å²) in [6, 6.07) is 10.5. The van der Waals surface area contributed by atoms with Crippen molar-refractivity contribution in [1.82, 2.24) is 25.0 Å². The number of nitrogens with zero attached hydrogens (tertiary/aromatic N) is 3. The van der Waals surface area contributed by atoms with E-state index in [-0.39, 0.29) is 29.7 Å². The van der Waals surface area contributed by atoms with Gasteiger partial charge in [0.1, 0.15) is 11.4 Å². The lowest BCUT2D eigenvalue weighted by Crippen LogP contribution is -2.26. The lowest BCUT2D eigenvalue weighted by Gasteiger charge is -2.05. The normalized spacial score (nSPS) is 10.5. The van der Waals surface area contributed by atoms with Crippen LogP contribution in [-0.2, 0) is 6.54 Å². The summed E-state index contributed by atoms with van der Waals surface area (Å²) in [6.45, 7) is 0.283. The Morgan fingerprint density at radius 2 is 1.87 bits per heavy atom. The maximum Gasteiger partial charge on any atom is 0.270 e. The predicted molar refractivity (Wildman–Crippen MR) is 84.0 cm³/mol. The van der Waals surface area contributed by atoms with Gasteiger partial charge in [0, 0.05) is 13.2 Å². The fraction of sp³-hybridized carbons (Fsp3) is 0.125. The van der Waals surface area contributed by atoms with Crippen LogP contribution in [0.25, 0.3) is 5.52 Å². The molecule has 3 heterocycles. The first kappa shape index (κ1) is 14.7. The van der Waals surface area contributed by atoms with Crippen LogP contribution in [0.1, 0.15) is 26.7 Å². The number of hydrogen-bond acceptors (Lipinski definition) is 4. The van der Waals surface area contributed by atoms with Crippen molar-refractivity contribution in [1.29, 1.82) is 0 Å². The minimum atomic E-state index is -0.354. The molecule has 0 radical (unpaired) electrons. The number of amides is 2. The van der Waals surface area contributed by atoms with E-state index in [0.717, 1.165) is 11.2 Å². The molecule has 0 aliphatic rings. The lowest BCUT2D eigenvalue weighted by molar-refractivity contribution is 0.0944. The summed E-state index contributed by atoms with van der Waals surface area (Å²) in [6.07, 6.45) is 3.59. The summed E-state index contributed by atoms with van der Waals surface area (Å²) in [4.78, 5) is 32.1. The van der Waals surface area contributed by atoms with E-state index in [2.05, 4.69) is 20.6 Å². The molecule has 7 nitrogen and oxygen atoms in total. The van der Waals surface area contributed by atoms with Gasteiger partial charge >= 0.3 is 0 Å². The molecule has 0 unspecified atom stereocenters. The predicted octanol–water partition coefficient (Wildman–Crippen LogP) is 1.02. The molecule has 7 heteroatoms. The van der Waals surface area contributed by atoms with Crippen molar-refractivity contribution in [3.05, 3.63) is 66.0 Å². The highest BCUT2D eigenvalue weighted by molar-refractivity contribution is 5.96. The summed E-state index contributed by atoms with van der Waals surface area (Å²) < 4.78 is 1.88. The van der Waals surface area contributed by atoms with E-state index in [1.807, 2.05) is 28.8 Å². The highest BCUT2D eigenvalue weighted by Gasteiger charge is 2.12. The van der Waals surface area contributed by atoms with Gasteiger partial charge in [0.2, 0.25) is 0 Å². The molecule has 0 saturated heterocycles. The van der Waals surface area contributed by atoms with Gasteiger partial charge in [0.05, 0.1) is 24.1 Å². The first-order chi connectivity index (χ1) is 11.2. The number of carbonyl (C=O) groups is 2. The Kier molecular flexibility index (Phi) is 4.01. The van der Waals surface area contributed by atoms with Gasteiger partial charge in [-0.15, -0.1) is 0 Å². The molecule has 0 bridgehead atoms. The Bertz CT molecular complexity index is 872. The van der Waals surface area contributed by atoms with Gasteiger partial charge in [-0.05, 0) is 24.3 Å². The fourth-order valence-electron chi connectivity index (χ4n) is 2.21. The maximum absolute atomic E-state index is 12.2. The molecule has 0 aromatic carbocycles. The van der Waals surface area contributed by atoms with Crippen molar-refractivity contribution in [2.75, 3.05) is 7.05 Å². The zero-order valence-electron chi connectivity index (χ0n) is 12.5. The van der Waals surface area contributed by atoms with Crippen LogP contribution in [0.15, 0.2) is 48.9 Å². The van der Waals surface area contributed by atoms with E-state index >= 15 is 0 Å². The number of aromatic nitrogens is 3. The second kappa shape index (κ2) is 6.27. The molecule has 0 saturated carbocycles. The van der Waals surface area contributed by atoms with Crippen molar-refractivity contribution in [2.24, 2.45) is 0 Å². The fourth-order valence-corrected chi connectivity index (χ4v) is 2.21.